The molecular weight excluding hydrogens is 274 g/mol. The molecule has 0 saturated heterocycles. The van der Waals surface area contributed by atoms with Gasteiger partial charge in [-0.1, -0.05) is 25.1 Å². The van der Waals surface area contributed by atoms with E-state index in [0.717, 1.165) is 18.7 Å². The minimum Gasteiger partial charge on any atom is -0.357 e. The molecule has 0 bridgehead atoms. The molecule has 1 aromatic carbocycles. The lowest BCUT2D eigenvalue weighted by molar-refractivity contribution is 0.557. The summed E-state index contributed by atoms with van der Waals surface area (Å²) in [7, 11) is 1.77. The number of hydrogen-bond donors (Lipinski definition) is 1. The maximum absolute atomic E-state index is 5.98. The van der Waals surface area contributed by atoms with E-state index in [2.05, 4.69) is 50.3 Å². The zero-order chi connectivity index (χ0) is 14.1. The van der Waals surface area contributed by atoms with Crippen molar-refractivity contribution in [1.82, 2.24) is 15.0 Å². The molecule has 2 aromatic rings. The molecule has 0 radical (unpaired) electrons. The van der Waals surface area contributed by atoms with Gasteiger partial charge in [0.15, 0.2) is 0 Å². The molecular formula is C14H16ClN5. The summed E-state index contributed by atoms with van der Waals surface area (Å²) in [6.07, 6.45) is 1.07. The molecule has 1 N–H and O–H groups in total. The van der Waals surface area contributed by atoms with Gasteiger partial charge in [0, 0.05) is 19.3 Å². The lowest BCUT2D eigenvalue weighted by Gasteiger charge is -2.33. The zero-order valence-corrected chi connectivity index (χ0v) is 12.2. The molecule has 1 atom stereocenters. The Morgan fingerprint density at radius 2 is 2.05 bits per heavy atom. The third-order valence-corrected chi connectivity index (χ3v) is 3.58. The molecule has 104 valence electrons. The highest BCUT2D eigenvalue weighted by atomic mass is 35.5. The second-order valence-electron chi connectivity index (χ2n) is 5.03. The quantitative estimate of drug-likeness (QED) is 0.921. The molecule has 0 fully saturated rings. The highest BCUT2D eigenvalue weighted by Crippen LogP contribution is 2.33. The van der Waals surface area contributed by atoms with Gasteiger partial charge in [-0.3, -0.25) is 0 Å². The number of rotatable bonds is 2. The Bertz CT molecular complexity index is 631. The van der Waals surface area contributed by atoms with Crippen LogP contribution in [0.15, 0.2) is 24.3 Å². The van der Waals surface area contributed by atoms with Gasteiger partial charge in [0.25, 0.3) is 0 Å². The minimum absolute atomic E-state index is 0.204. The number of fused-ring (bicyclic) bond motifs is 1. The first-order chi connectivity index (χ1) is 9.67. The number of nitrogens with one attached hydrogen (secondary N) is 1. The molecule has 0 saturated carbocycles. The summed E-state index contributed by atoms with van der Waals surface area (Å²) in [6.45, 7) is 3.10. The molecule has 20 heavy (non-hydrogen) atoms. The van der Waals surface area contributed by atoms with Gasteiger partial charge in [-0.15, -0.1) is 0 Å². The molecule has 5 nitrogen and oxygen atoms in total. The predicted octanol–water partition coefficient (Wildman–Crippen LogP) is 2.90. The van der Waals surface area contributed by atoms with E-state index in [1.165, 1.54) is 5.56 Å². The van der Waals surface area contributed by atoms with E-state index in [1.54, 1.807) is 7.05 Å². The zero-order valence-electron chi connectivity index (χ0n) is 11.5. The summed E-state index contributed by atoms with van der Waals surface area (Å²) in [5.41, 5.74) is 2.46. The largest absolute Gasteiger partial charge is 0.357 e. The van der Waals surface area contributed by atoms with Gasteiger partial charge in [0.2, 0.25) is 17.2 Å². The van der Waals surface area contributed by atoms with E-state index in [1.807, 2.05) is 6.07 Å². The Balaban J connectivity index is 2.08. The van der Waals surface area contributed by atoms with Crippen LogP contribution in [-0.4, -0.2) is 28.5 Å². The van der Waals surface area contributed by atoms with Crippen molar-refractivity contribution < 1.29 is 0 Å². The van der Waals surface area contributed by atoms with Gasteiger partial charge in [-0.2, -0.15) is 15.0 Å². The maximum atomic E-state index is 5.98. The minimum atomic E-state index is 0.204. The average Bonchev–Trinajstić information content (AvgIpc) is 2.45. The van der Waals surface area contributed by atoms with E-state index < -0.39 is 0 Å². The first-order valence-corrected chi connectivity index (χ1v) is 7.00. The number of para-hydroxylation sites is 1. The molecule has 6 heteroatoms. The molecule has 3 rings (SSSR count). The van der Waals surface area contributed by atoms with Crippen LogP contribution in [-0.2, 0) is 6.42 Å². The van der Waals surface area contributed by atoms with Crippen LogP contribution in [0.5, 0.6) is 0 Å². The number of nitrogens with zero attached hydrogens (tertiary/aromatic N) is 4. The number of benzene rings is 1. The van der Waals surface area contributed by atoms with Crippen LogP contribution in [0, 0.1) is 5.92 Å². The SMILES string of the molecule is CNc1nc(Cl)nc(N2CC(C)Cc3ccccc32)n1. The number of aromatic nitrogens is 3. The maximum Gasteiger partial charge on any atom is 0.236 e. The predicted molar refractivity (Wildman–Crippen MR) is 80.7 cm³/mol. The van der Waals surface area contributed by atoms with Gasteiger partial charge < -0.3 is 10.2 Å². The van der Waals surface area contributed by atoms with Crippen molar-refractivity contribution in [2.45, 2.75) is 13.3 Å². The van der Waals surface area contributed by atoms with Crippen molar-refractivity contribution in [2.24, 2.45) is 5.92 Å². The van der Waals surface area contributed by atoms with Crippen molar-refractivity contribution in [1.29, 1.82) is 0 Å². The van der Waals surface area contributed by atoms with Crippen LogP contribution in [0.4, 0.5) is 17.6 Å². The fourth-order valence-corrected chi connectivity index (χ4v) is 2.71. The lowest BCUT2D eigenvalue weighted by Crippen LogP contribution is -2.31. The summed E-state index contributed by atoms with van der Waals surface area (Å²) in [5, 5.41) is 3.11. The second kappa shape index (κ2) is 5.25. The van der Waals surface area contributed by atoms with Crippen molar-refractivity contribution in [2.75, 3.05) is 23.8 Å². The van der Waals surface area contributed by atoms with Crippen LogP contribution in [0.1, 0.15) is 12.5 Å². The first kappa shape index (κ1) is 13.1. The van der Waals surface area contributed by atoms with E-state index >= 15 is 0 Å². The summed E-state index contributed by atoms with van der Waals surface area (Å²) in [4.78, 5) is 14.8. The van der Waals surface area contributed by atoms with Crippen molar-refractivity contribution in [3.05, 3.63) is 35.1 Å². The molecule has 1 unspecified atom stereocenters. The van der Waals surface area contributed by atoms with Gasteiger partial charge in [-0.25, -0.2) is 0 Å². The van der Waals surface area contributed by atoms with Crippen LogP contribution in [0.25, 0.3) is 0 Å². The average molecular weight is 290 g/mol. The topological polar surface area (TPSA) is 53.9 Å². The van der Waals surface area contributed by atoms with E-state index in [0.29, 0.717) is 17.8 Å². The highest BCUT2D eigenvalue weighted by molar-refractivity contribution is 6.28. The monoisotopic (exact) mass is 289 g/mol. The van der Waals surface area contributed by atoms with E-state index in [-0.39, 0.29) is 5.28 Å². The third-order valence-electron chi connectivity index (χ3n) is 3.41. The van der Waals surface area contributed by atoms with E-state index in [4.69, 9.17) is 11.6 Å². The molecule has 0 aliphatic carbocycles. The lowest BCUT2D eigenvalue weighted by atomic mass is 9.94. The molecule has 1 aliphatic rings. The van der Waals surface area contributed by atoms with Crippen molar-refractivity contribution in [3.63, 3.8) is 0 Å². The molecule has 2 heterocycles. The Labute approximate surface area is 123 Å². The van der Waals surface area contributed by atoms with Gasteiger partial charge in [0.05, 0.1) is 0 Å². The summed E-state index contributed by atoms with van der Waals surface area (Å²) < 4.78 is 0. The summed E-state index contributed by atoms with van der Waals surface area (Å²) in [5.74, 6) is 1.61. The van der Waals surface area contributed by atoms with Crippen LogP contribution >= 0.6 is 11.6 Å². The molecule has 1 aromatic heterocycles. The van der Waals surface area contributed by atoms with Crippen LogP contribution < -0.4 is 10.2 Å². The normalized spacial score (nSPS) is 17.8. The number of anilines is 3. The van der Waals surface area contributed by atoms with Crippen LogP contribution in [0.3, 0.4) is 0 Å². The Hall–Kier alpha value is -1.88. The third kappa shape index (κ3) is 2.41. The highest BCUT2D eigenvalue weighted by Gasteiger charge is 2.24. The molecule has 0 amide bonds. The fourth-order valence-electron chi connectivity index (χ4n) is 2.56. The number of hydrogen-bond acceptors (Lipinski definition) is 5. The van der Waals surface area contributed by atoms with Crippen molar-refractivity contribution in [3.8, 4) is 0 Å². The van der Waals surface area contributed by atoms with Gasteiger partial charge in [-0.05, 0) is 35.6 Å². The summed E-state index contributed by atoms with van der Waals surface area (Å²) >= 11 is 5.98. The van der Waals surface area contributed by atoms with Crippen LogP contribution in [0.2, 0.25) is 5.28 Å². The Morgan fingerprint density at radius 1 is 1.25 bits per heavy atom. The fraction of sp³-hybridized carbons (Fsp3) is 0.357. The van der Waals surface area contributed by atoms with Crippen molar-refractivity contribution >= 4 is 29.2 Å². The number of halogens is 1. The smallest absolute Gasteiger partial charge is 0.236 e. The standard InChI is InChI=1S/C14H16ClN5/c1-9-7-10-5-3-4-6-11(10)20(8-9)14-18-12(15)17-13(16-2)19-14/h3-6,9H,7-8H2,1-2H3,(H,16,17,18,19). The molecule has 0 spiro atoms. The summed E-state index contributed by atoms with van der Waals surface area (Å²) in [6, 6.07) is 8.34. The van der Waals surface area contributed by atoms with E-state index in [9.17, 15) is 0 Å². The Morgan fingerprint density at radius 3 is 2.85 bits per heavy atom. The molecule has 1 aliphatic heterocycles. The van der Waals surface area contributed by atoms with Gasteiger partial charge >= 0.3 is 0 Å². The Kier molecular flexibility index (Phi) is 3.44. The van der Waals surface area contributed by atoms with Gasteiger partial charge in [0.1, 0.15) is 0 Å². The first-order valence-electron chi connectivity index (χ1n) is 6.62. The second-order valence-corrected chi connectivity index (χ2v) is 5.36.